The van der Waals surface area contributed by atoms with Gasteiger partial charge in [0.1, 0.15) is 17.5 Å². The van der Waals surface area contributed by atoms with Crippen molar-refractivity contribution >= 4 is 12.0 Å². The standard InChI is InChI=1S/C15H21FN2O3/c1-15(2,3)21-14(20)18-12(13(19)17-4)9-10-7-5-6-8-11(10)16/h5-8,12H,9H2,1-4H3,(H,17,19)(H,18,20). The number of ether oxygens (including phenoxy) is 1. The van der Waals surface area contributed by atoms with Crippen LogP contribution in [0.2, 0.25) is 0 Å². The highest BCUT2D eigenvalue weighted by molar-refractivity contribution is 5.85. The summed E-state index contributed by atoms with van der Waals surface area (Å²) in [7, 11) is 1.45. The predicted molar refractivity (Wildman–Crippen MR) is 77.3 cm³/mol. The second-order valence-corrected chi connectivity index (χ2v) is 5.61. The molecule has 0 saturated carbocycles. The second-order valence-electron chi connectivity index (χ2n) is 5.61. The lowest BCUT2D eigenvalue weighted by Crippen LogP contribution is -2.48. The van der Waals surface area contributed by atoms with Gasteiger partial charge in [-0.25, -0.2) is 9.18 Å². The lowest BCUT2D eigenvalue weighted by atomic mass is 10.0. The molecule has 6 heteroatoms. The van der Waals surface area contributed by atoms with Crippen LogP contribution in [0.15, 0.2) is 24.3 Å². The zero-order valence-electron chi connectivity index (χ0n) is 12.7. The number of hydrogen-bond acceptors (Lipinski definition) is 3. The molecule has 116 valence electrons. The highest BCUT2D eigenvalue weighted by Crippen LogP contribution is 2.11. The van der Waals surface area contributed by atoms with Crippen molar-refractivity contribution in [1.82, 2.24) is 10.6 Å². The number of amides is 2. The third kappa shape index (κ3) is 5.81. The largest absolute Gasteiger partial charge is 0.444 e. The van der Waals surface area contributed by atoms with Crippen LogP contribution < -0.4 is 10.6 Å². The average Bonchev–Trinajstić information content (AvgIpc) is 2.37. The third-order valence-electron chi connectivity index (χ3n) is 2.64. The summed E-state index contributed by atoms with van der Waals surface area (Å²) in [6.45, 7) is 5.16. The molecule has 1 rings (SSSR count). The molecule has 1 atom stereocenters. The molecule has 0 aliphatic carbocycles. The Morgan fingerprint density at radius 2 is 1.90 bits per heavy atom. The van der Waals surface area contributed by atoms with E-state index in [4.69, 9.17) is 4.74 Å². The first-order valence-electron chi connectivity index (χ1n) is 6.67. The van der Waals surface area contributed by atoms with E-state index in [2.05, 4.69) is 10.6 Å². The van der Waals surface area contributed by atoms with Crippen LogP contribution >= 0.6 is 0 Å². The third-order valence-corrected chi connectivity index (χ3v) is 2.64. The summed E-state index contributed by atoms with van der Waals surface area (Å²) in [5, 5.41) is 4.90. The molecule has 0 spiro atoms. The van der Waals surface area contributed by atoms with E-state index in [-0.39, 0.29) is 6.42 Å². The van der Waals surface area contributed by atoms with Crippen molar-refractivity contribution in [2.24, 2.45) is 0 Å². The van der Waals surface area contributed by atoms with E-state index < -0.39 is 29.5 Å². The van der Waals surface area contributed by atoms with Crippen molar-refractivity contribution in [3.63, 3.8) is 0 Å². The van der Waals surface area contributed by atoms with Gasteiger partial charge in [-0.2, -0.15) is 0 Å². The van der Waals surface area contributed by atoms with Gasteiger partial charge >= 0.3 is 6.09 Å². The maximum absolute atomic E-state index is 13.7. The number of nitrogens with one attached hydrogen (secondary N) is 2. The number of alkyl carbamates (subject to hydrolysis) is 1. The van der Waals surface area contributed by atoms with E-state index in [1.54, 1.807) is 39.0 Å². The molecular weight excluding hydrogens is 275 g/mol. The molecule has 2 amide bonds. The summed E-state index contributed by atoms with van der Waals surface area (Å²) in [6.07, 6.45) is -0.668. The molecule has 1 aromatic rings. The van der Waals surface area contributed by atoms with Gasteiger partial charge in [0.05, 0.1) is 0 Å². The molecule has 0 aliphatic heterocycles. The molecule has 0 heterocycles. The molecule has 1 unspecified atom stereocenters. The van der Waals surface area contributed by atoms with Gasteiger partial charge in [-0.15, -0.1) is 0 Å². The Bertz CT molecular complexity index is 512. The zero-order valence-corrected chi connectivity index (χ0v) is 12.7. The monoisotopic (exact) mass is 296 g/mol. The molecule has 0 fully saturated rings. The van der Waals surface area contributed by atoms with Crippen molar-refractivity contribution in [3.05, 3.63) is 35.6 Å². The number of carbonyl (C=O) groups excluding carboxylic acids is 2. The number of benzene rings is 1. The smallest absolute Gasteiger partial charge is 0.408 e. The van der Waals surface area contributed by atoms with Crippen LogP contribution in [-0.2, 0) is 16.0 Å². The molecule has 5 nitrogen and oxygen atoms in total. The summed E-state index contributed by atoms with van der Waals surface area (Å²) < 4.78 is 18.8. The van der Waals surface area contributed by atoms with Gasteiger partial charge in [-0.3, -0.25) is 4.79 Å². The Morgan fingerprint density at radius 1 is 1.29 bits per heavy atom. The first kappa shape index (κ1) is 16.9. The number of hydrogen-bond donors (Lipinski definition) is 2. The minimum atomic E-state index is -0.901. The maximum Gasteiger partial charge on any atom is 0.408 e. The number of rotatable bonds is 4. The molecular formula is C15H21FN2O3. The van der Waals surface area contributed by atoms with E-state index in [0.29, 0.717) is 5.56 Å². The second kappa shape index (κ2) is 7.06. The summed E-state index contributed by atoms with van der Waals surface area (Å²) in [5.41, 5.74) is -0.322. The van der Waals surface area contributed by atoms with Crippen LogP contribution in [0.3, 0.4) is 0 Å². The van der Waals surface area contributed by atoms with Gasteiger partial charge in [-0.1, -0.05) is 18.2 Å². The van der Waals surface area contributed by atoms with Crippen LogP contribution in [0.1, 0.15) is 26.3 Å². The van der Waals surface area contributed by atoms with Crippen LogP contribution in [0.5, 0.6) is 0 Å². The number of carbonyl (C=O) groups is 2. The normalized spacial score (nSPS) is 12.4. The van der Waals surface area contributed by atoms with Crippen LogP contribution in [0.4, 0.5) is 9.18 Å². The fourth-order valence-corrected chi connectivity index (χ4v) is 1.72. The fraction of sp³-hybridized carbons (Fsp3) is 0.467. The Labute approximate surface area is 123 Å². The SMILES string of the molecule is CNC(=O)C(Cc1ccccc1F)NC(=O)OC(C)(C)C. The topological polar surface area (TPSA) is 67.4 Å². The van der Waals surface area contributed by atoms with E-state index >= 15 is 0 Å². The van der Waals surface area contributed by atoms with E-state index in [1.807, 2.05) is 0 Å². The zero-order chi connectivity index (χ0) is 16.0. The van der Waals surface area contributed by atoms with Crippen LogP contribution in [0, 0.1) is 5.82 Å². The Kier molecular flexibility index (Phi) is 5.69. The van der Waals surface area contributed by atoms with E-state index in [1.165, 1.54) is 13.1 Å². The number of likely N-dealkylation sites (N-methyl/N-ethyl adjacent to an activating group) is 1. The fourth-order valence-electron chi connectivity index (χ4n) is 1.72. The van der Waals surface area contributed by atoms with Gasteiger partial charge in [0.25, 0.3) is 0 Å². The first-order valence-corrected chi connectivity index (χ1v) is 6.67. The van der Waals surface area contributed by atoms with Crippen LogP contribution in [-0.4, -0.2) is 30.7 Å². The molecule has 0 aliphatic rings. The van der Waals surface area contributed by atoms with Crippen molar-refractivity contribution in [2.75, 3.05) is 7.05 Å². The molecule has 0 bridgehead atoms. The minimum Gasteiger partial charge on any atom is -0.444 e. The molecule has 2 N–H and O–H groups in total. The van der Waals surface area contributed by atoms with E-state index in [9.17, 15) is 14.0 Å². The van der Waals surface area contributed by atoms with Gasteiger partial charge in [0.2, 0.25) is 5.91 Å². The van der Waals surface area contributed by atoms with Crippen LogP contribution in [0.25, 0.3) is 0 Å². The Balaban J connectivity index is 2.80. The molecule has 1 aromatic carbocycles. The number of halogens is 1. The predicted octanol–water partition coefficient (Wildman–Crippen LogP) is 2.01. The summed E-state index contributed by atoms with van der Waals surface area (Å²) in [5.74, 6) is -0.832. The van der Waals surface area contributed by atoms with Crippen molar-refractivity contribution in [2.45, 2.75) is 38.8 Å². The highest BCUT2D eigenvalue weighted by Gasteiger charge is 2.24. The molecule has 21 heavy (non-hydrogen) atoms. The Hall–Kier alpha value is -2.11. The van der Waals surface area contributed by atoms with Crippen molar-refractivity contribution < 1.29 is 18.7 Å². The molecule has 0 aromatic heterocycles. The summed E-state index contributed by atoms with van der Waals surface area (Å²) >= 11 is 0. The summed E-state index contributed by atoms with van der Waals surface area (Å²) in [4.78, 5) is 23.6. The maximum atomic E-state index is 13.7. The quantitative estimate of drug-likeness (QED) is 0.893. The van der Waals surface area contributed by atoms with E-state index in [0.717, 1.165) is 0 Å². The molecule has 0 saturated heterocycles. The van der Waals surface area contributed by atoms with Gasteiger partial charge in [0, 0.05) is 13.5 Å². The minimum absolute atomic E-state index is 0.0472. The van der Waals surface area contributed by atoms with Gasteiger partial charge < -0.3 is 15.4 Å². The van der Waals surface area contributed by atoms with Gasteiger partial charge in [0.15, 0.2) is 0 Å². The molecule has 0 radical (unpaired) electrons. The lowest BCUT2D eigenvalue weighted by molar-refractivity contribution is -0.122. The average molecular weight is 296 g/mol. The summed E-state index contributed by atoms with van der Waals surface area (Å²) in [6, 6.07) is 5.22. The first-order chi connectivity index (χ1) is 9.73. The van der Waals surface area contributed by atoms with Crippen molar-refractivity contribution in [3.8, 4) is 0 Å². The lowest BCUT2D eigenvalue weighted by Gasteiger charge is -2.23. The van der Waals surface area contributed by atoms with Crippen molar-refractivity contribution in [1.29, 1.82) is 0 Å². The Morgan fingerprint density at radius 3 is 2.43 bits per heavy atom. The highest BCUT2D eigenvalue weighted by atomic mass is 19.1. The van der Waals surface area contributed by atoms with Gasteiger partial charge in [-0.05, 0) is 32.4 Å².